The van der Waals surface area contributed by atoms with Crippen molar-refractivity contribution in [3.63, 3.8) is 0 Å². The van der Waals surface area contributed by atoms with Gasteiger partial charge in [0.25, 0.3) is 0 Å². The Labute approximate surface area is 116 Å². The minimum absolute atomic E-state index is 0.158. The maximum atomic E-state index is 9.24. The Kier molecular flexibility index (Phi) is 4.66. The van der Waals surface area contributed by atoms with Crippen LogP contribution in [0.1, 0.15) is 32.4 Å². The summed E-state index contributed by atoms with van der Waals surface area (Å²) in [7, 11) is 2.16. The summed E-state index contributed by atoms with van der Waals surface area (Å²) >= 11 is 0. The van der Waals surface area contributed by atoms with Gasteiger partial charge in [0.15, 0.2) is 0 Å². The van der Waals surface area contributed by atoms with Gasteiger partial charge in [-0.3, -0.25) is 4.90 Å². The second kappa shape index (κ2) is 6.07. The van der Waals surface area contributed by atoms with Crippen molar-refractivity contribution in [1.29, 1.82) is 0 Å². The van der Waals surface area contributed by atoms with Gasteiger partial charge < -0.3 is 14.4 Å². The molecule has 0 aliphatic carbocycles. The average molecular weight is 266 g/mol. The number of aliphatic hydroxyl groups is 1. The zero-order valence-corrected chi connectivity index (χ0v) is 12.3. The van der Waals surface area contributed by atoms with Crippen LogP contribution in [0.3, 0.4) is 0 Å². The maximum absolute atomic E-state index is 9.24. The largest absolute Gasteiger partial charge is 0.468 e. The van der Waals surface area contributed by atoms with Gasteiger partial charge in [0.2, 0.25) is 0 Å². The minimum Gasteiger partial charge on any atom is -0.468 e. The number of rotatable bonds is 4. The van der Waals surface area contributed by atoms with E-state index in [1.807, 2.05) is 12.1 Å². The summed E-state index contributed by atoms with van der Waals surface area (Å²) in [6.45, 7) is 7.74. The molecular weight excluding hydrogens is 240 g/mol. The van der Waals surface area contributed by atoms with E-state index in [0.717, 1.165) is 38.2 Å². The number of hydrogen-bond donors (Lipinski definition) is 1. The van der Waals surface area contributed by atoms with E-state index in [1.165, 1.54) is 0 Å². The van der Waals surface area contributed by atoms with Crippen molar-refractivity contribution in [2.75, 3.05) is 26.7 Å². The zero-order valence-electron chi connectivity index (χ0n) is 12.3. The lowest BCUT2D eigenvalue weighted by Crippen LogP contribution is -2.46. The van der Waals surface area contributed by atoms with Crippen LogP contribution in [-0.4, -0.2) is 53.2 Å². The van der Waals surface area contributed by atoms with Gasteiger partial charge in [-0.1, -0.05) is 0 Å². The fourth-order valence-electron chi connectivity index (χ4n) is 2.76. The van der Waals surface area contributed by atoms with Crippen molar-refractivity contribution in [2.45, 2.75) is 44.8 Å². The molecule has 0 saturated carbocycles. The summed E-state index contributed by atoms with van der Waals surface area (Å²) in [6.07, 6.45) is 3.70. The van der Waals surface area contributed by atoms with Crippen LogP contribution in [-0.2, 0) is 6.54 Å². The molecule has 2 heterocycles. The summed E-state index contributed by atoms with van der Waals surface area (Å²) in [5.41, 5.74) is 0.158. The predicted octanol–water partition coefficient (Wildman–Crippen LogP) is 1.95. The topological polar surface area (TPSA) is 39.9 Å². The van der Waals surface area contributed by atoms with Crippen molar-refractivity contribution < 1.29 is 9.52 Å². The molecule has 4 nitrogen and oxygen atoms in total. The first-order valence-electron chi connectivity index (χ1n) is 7.11. The molecule has 1 saturated heterocycles. The molecule has 1 aromatic heterocycles. The van der Waals surface area contributed by atoms with Crippen LogP contribution in [0.15, 0.2) is 22.8 Å². The summed E-state index contributed by atoms with van der Waals surface area (Å²) in [4.78, 5) is 4.86. The van der Waals surface area contributed by atoms with Gasteiger partial charge in [-0.05, 0) is 52.4 Å². The van der Waals surface area contributed by atoms with E-state index in [1.54, 1.807) is 6.26 Å². The highest BCUT2D eigenvalue weighted by molar-refractivity contribution is 5.01. The van der Waals surface area contributed by atoms with Crippen LogP contribution in [0.25, 0.3) is 0 Å². The SMILES string of the molecule is CN1CCC(C)(C)N(Cc2ccco2)CC1CCO. The lowest BCUT2D eigenvalue weighted by molar-refractivity contribution is 0.0912. The second-order valence-electron chi connectivity index (χ2n) is 6.17. The molecule has 1 aliphatic rings. The summed E-state index contributed by atoms with van der Waals surface area (Å²) < 4.78 is 5.49. The van der Waals surface area contributed by atoms with Gasteiger partial charge in [-0.2, -0.15) is 0 Å². The number of aliphatic hydroxyl groups excluding tert-OH is 1. The third kappa shape index (κ3) is 3.59. The summed E-state index contributed by atoms with van der Waals surface area (Å²) in [6, 6.07) is 4.39. The smallest absolute Gasteiger partial charge is 0.117 e. The lowest BCUT2D eigenvalue weighted by atomic mass is 9.98. The Balaban J connectivity index is 2.11. The normalized spacial score (nSPS) is 25.4. The van der Waals surface area contributed by atoms with Crippen LogP contribution in [0.5, 0.6) is 0 Å². The Bertz CT molecular complexity index is 376. The van der Waals surface area contributed by atoms with E-state index < -0.39 is 0 Å². The van der Waals surface area contributed by atoms with Crippen LogP contribution < -0.4 is 0 Å². The lowest BCUT2D eigenvalue weighted by Gasteiger charge is -2.37. The number of furan rings is 1. The zero-order chi connectivity index (χ0) is 13.9. The van der Waals surface area contributed by atoms with Crippen molar-refractivity contribution in [3.05, 3.63) is 24.2 Å². The Morgan fingerprint density at radius 1 is 1.47 bits per heavy atom. The van der Waals surface area contributed by atoms with E-state index in [4.69, 9.17) is 4.42 Å². The van der Waals surface area contributed by atoms with Crippen molar-refractivity contribution in [1.82, 2.24) is 9.80 Å². The first-order chi connectivity index (χ1) is 9.03. The molecule has 0 spiro atoms. The molecule has 1 aromatic rings. The second-order valence-corrected chi connectivity index (χ2v) is 6.17. The standard InChI is InChI=1S/C15H26N2O2/c1-15(2)7-8-16(3)13(6-9-18)11-17(15)12-14-5-4-10-19-14/h4-5,10,13,18H,6-9,11-12H2,1-3H3. The van der Waals surface area contributed by atoms with Crippen LogP contribution in [0.2, 0.25) is 0 Å². The molecule has 1 fully saturated rings. The maximum Gasteiger partial charge on any atom is 0.117 e. The van der Waals surface area contributed by atoms with E-state index in [-0.39, 0.29) is 12.1 Å². The van der Waals surface area contributed by atoms with Gasteiger partial charge >= 0.3 is 0 Å². The van der Waals surface area contributed by atoms with Crippen LogP contribution in [0.4, 0.5) is 0 Å². The molecule has 0 aromatic carbocycles. The van der Waals surface area contributed by atoms with Crippen LogP contribution in [0, 0.1) is 0 Å². The van der Waals surface area contributed by atoms with Gasteiger partial charge in [0.1, 0.15) is 5.76 Å². The first-order valence-corrected chi connectivity index (χ1v) is 7.11. The summed E-state index contributed by atoms with van der Waals surface area (Å²) in [5.74, 6) is 1.01. The van der Waals surface area contributed by atoms with Crippen molar-refractivity contribution >= 4 is 0 Å². The molecule has 108 valence electrons. The molecule has 0 amide bonds. The molecule has 4 heteroatoms. The number of nitrogens with zero attached hydrogens (tertiary/aromatic N) is 2. The Morgan fingerprint density at radius 3 is 2.89 bits per heavy atom. The van der Waals surface area contributed by atoms with E-state index in [0.29, 0.717) is 6.04 Å². The fourth-order valence-corrected chi connectivity index (χ4v) is 2.76. The number of likely N-dealkylation sites (N-methyl/N-ethyl adjacent to an activating group) is 1. The van der Waals surface area contributed by atoms with Gasteiger partial charge in [0.05, 0.1) is 12.8 Å². The van der Waals surface area contributed by atoms with Gasteiger partial charge in [-0.15, -0.1) is 0 Å². The van der Waals surface area contributed by atoms with Gasteiger partial charge in [0, 0.05) is 24.7 Å². The fraction of sp³-hybridized carbons (Fsp3) is 0.733. The van der Waals surface area contributed by atoms with Crippen molar-refractivity contribution in [3.8, 4) is 0 Å². The molecule has 1 aliphatic heterocycles. The monoisotopic (exact) mass is 266 g/mol. The van der Waals surface area contributed by atoms with Crippen LogP contribution >= 0.6 is 0 Å². The van der Waals surface area contributed by atoms with E-state index in [2.05, 4.69) is 30.7 Å². The predicted molar refractivity (Wildman–Crippen MR) is 75.9 cm³/mol. The highest BCUT2D eigenvalue weighted by Gasteiger charge is 2.34. The van der Waals surface area contributed by atoms with Gasteiger partial charge in [-0.25, -0.2) is 0 Å². The highest BCUT2D eigenvalue weighted by atomic mass is 16.3. The van der Waals surface area contributed by atoms with Crippen molar-refractivity contribution in [2.24, 2.45) is 0 Å². The number of hydrogen-bond acceptors (Lipinski definition) is 4. The molecule has 0 radical (unpaired) electrons. The molecule has 1 unspecified atom stereocenters. The van der Waals surface area contributed by atoms with E-state index in [9.17, 15) is 5.11 Å². The first kappa shape index (κ1) is 14.6. The quantitative estimate of drug-likeness (QED) is 0.904. The van der Waals surface area contributed by atoms with E-state index >= 15 is 0 Å². The summed E-state index contributed by atoms with van der Waals surface area (Å²) in [5, 5.41) is 9.24. The third-order valence-electron chi connectivity index (χ3n) is 4.38. The molecular formula is C15H26N2O2. The molecule has 19 heavy (non-hydrogen) atoms. The molecule has 0 bridgehead atoms. The Morgan fingerprint density at radius 2 is 2.26 bits per heavy atom. The highest BCUT2D eigenvalue weighted by Crippen LogP contribution is 2.27. The molecule has 1 atom stereocenters. The molecule has 2 rings (SSSR count). The third-order valence-corrected chi connectivity index (χ3v) is 4.38. The minimum atomic E-state index is 0.158. The Hall–Kier alpha value is -0.840. The molecule has 1 N–H and O–H groups in total. The average Bonchev–Trinajstić information content (AvgIpc) is 2.83.